The number of methoxy groups -OCH3 is 1. The van der Waals surface area contributed by atoms with Crippen LogP contribution in [0.15, 0.2) is 23.2 Å². The molecule has 0 amide bonds. The minimum atomic E-state index is -0.417. The molecule has 1 aliphatic heterocycles. The maximum Gasteiger partial charge on any atom is 0.270 e. The number of nitro groups is 1. The normalized spacial score (nSPS) is 13.6. The van der Waals surface area contributed by atoms with Gasteiger partial charge in [-0.25, -0.2) is 0 Å². The molecule has 2 rings (SSSR count). The van der Waals surface area contributed by atoms with Crippen LogP contribution >= 0.6 is 24.0 Å². The van der Waals surface area contributed by atoms with E-state index in [0.29, 0.717) is 12.3 Å². The molecule has 8 heteroatoms. The summed E-state index contributed by atoms with van der Waals surface area (Å²) in [5.41, 5.74) is 0.780. The van der Waals surface area contributed by atoms with Gasteiger partial charge in [-0.2, -0.15) is 0 Å². The van der Waals surface area contributed by atoms with Gasteiger partial charge in [0.05, 0.1) is 12.0 Å². The molecule has 0 fully saturated rings. The highest BCUT2D eigenvalue weighted by Gasteiger charge is 2.12. The number of non-ortho nitro benzene ring substituents is 1. The van der Waals surface area contributed by atoms with E-state index in [2.05, 4.69) is 15.6 Å². The van der Waals surface area contributed by atoms with Gasteiger partial charge in [-0.15, -0.1) is 24.0 Å². The molecule has 110 valence electrons. The predicted molar refractivity (Wildman–Crippen MR) is 86.8 cm³/mol. The van der Waals surface area contributed by atoms with E-state index in [0.717, 1.165) is 31.0 Å². The van der Waals surface area contributed by atoms with E-state index >= 15 is 0 Å². The van der Waals surface area contributed by atoms with Gasteiger partial charge in [0.2, 0.25) is 0 Å². The first-order chi connectivity index (χ1) is 9.20. The Hall–Kier alpha value is -1.58. The van der Waals surface area contributed by atoms with Crippen molar-refractivity contribution in [2.45, 2.75) is 13.0 Å². The fraction of sp³-hybridized carbons (Fsp3) is 0.417. The van der Waals surface area contributed by atoms with E-state index in [1.54, 1.807) is 13.2 Å². The van der Waals surface area contributed by atoms with E-state index in [1.807, 2.05) is 0 Å². The first-order valence-electron chi connectivity index (χ1n) is 6.04. The number of hydrogen-bond acceptors (Lipinski definition) is 6. The molecular weight excluding hydrogens is 375 g/mol. The van der Waals surface area contributed by atoms with Crippen molar-refractivity contribution in [3.05, 3.63) is 33.9 Å². The van der Waals surface area contributed by atoms with Crippen molar-refractivity contribution in [3.8, 4) is 5.75 Å². The van der Waals surface area contributed by atoms with E-state index in [1.165, 1.54) is 12.1 Å². The predicted octanol–water partition coefficient (Wildman–Crippen LogP) is 1.66. The van der Waals surface area contributed by atoms with Crippen LogP contribution in [0, 0.1) is 10.1 Å². The summed E-state index contributed by atoms with van der Waals surface area (Å²) in [7, 11) is 1.54. The van der Waals surface area contributed by atoms with Gasteiger partial charge in [0.15, 0.2) is 5.96 Å². The Balaban J connectivity index is 0.00000200. The zero-order valence-electron chi connectivity index (χ0n) is 11.1. The molecule has 0 bridgehead atoms. The molecule has 20 heavy (non-hydrogen) atoms. The fourth-order valence-corrected chi connectivity index (χ4v) is 1.85. The molecule has 0 radical (unpaired) electrons. The topological polar surface area (TPSA) is 88.8 Å². The molecule has 0 saturated heterocycles. The van der Waals surface area contributed by atoms with Gasteiger partial charge in [0.1, 0.15) is 5.75 Å². The molecule has 1 heterocycles. The number of nitrogens with one attached hydrogen (secondary N) is 2. The number of hydrogen-bond donors (Lipinski definition) is 2. The van der Waals surface area contributed by atoms with Crippen molar-refractivity contribution >= 4 is 35.6 Å². The van der Waals surface area contributed by atoms with Gasteiger partial charge in [-0.3, -0.25) is 15.1 Å². The maximum atomic E-state index is 10.8. The summed E-state index contributed by atoms with van der Waals surface area (Å²) in [5.74, 6) is 1.34. The second-order valence-electron chi connectivity index (χ2n) is 4.12. The summed E-state index contributed by atoms with van der Waals surface area (Å²) < 4.78 is 5.20. The molecule has 7 nitrogen and oxygen atoms in total. The van der Waals surface area contributed by atoms with Crippen LogP contribution < -0.4 is 15.4 Å². The average molecular weight is 392 g/mol. The van der Waals surface area contributed by atoms with Crippen LogP contribution in [0.1, 0.15) is 12.0 Å². The van der Waals surface area contributed by atoms with Crippen molar-refractivity contribution in [1.29, 1.82) is 0 Å². The van der Waals surface area contributed by atoms with Crippen LogP contribution in [0.2, 0.25) is 0 Å². The van der Waals surface area contributed by atoms with Crippen LogP contribution in [0.3, 0.4) is 0 Å². The Morgan fingerprint density at radius 2 is 2.35 bits per heavy atom. The number of aliphatic imine (C=N–C) groups is 1. The number of benzene rings is 1. The summed E-state index contributed by atoms with van der Waals surface area (Å²) in [5, 5.41) is 17.0. The molecule has 0 spiro atoms. The summed E-state index contributed by atoms with van der Waals surface area (Å²) >= 11 is 0. The largest absolute Gasteiger partial charge is 0.496 e. The maximum absolute atomic E-state index is 10.8. The van der Waals surface area contributed by atoms with Crippen LogP contribution in [-0.2, 0) is 6.54 Å². The molecule has 1 aliphatic rings. The Morgan fingerprint density at radius 1 is 1.55 bits per heavy atom. The standard InChI is InChI=1S/C12H16N4O3.HI/c1-19-11-4-3-10(16(17)18)7-9(11)8-15-12-13-5-2-6-14-12;/h3-4,7H,2,5-6,8H2,1H3,(H2,13,14,15);1H. The Labute approximate surface area is 134 Å². The number of nitrogens with zero attached hydrogens (tertiary/aromatic N) is 2. The van der Waals surface area contributed by atoms with Gasteiger partial charge in [-0.1, -0.05) is 0 Å². The van der Waals surface area contributed by atoms with Gasteiger partial charge in [-0.05, 0) is 12.5 Å². The summed E-state index contributed by atoms with van der Waals surface area (Å²) in [6.07, 6.45) is 1.02. The Bertz CT molecular complexity index is 507. The quantitative estimate of drug-likeness (QED) is 0.462. The third-order valence-corrected chi connectivity index (χ3v) is 2.82. The number of guanidine groups is 1. The third kappa shape index (κ3) is 4.22. The second-order valence-corrected chi connectivity index (χ2v) is 4.12. The van der Waals surface area contributed by atoms with Gasteiger partial charge in [0, 0.05) is 37.3 Å². The van der Waals surface area contributed by atoms with Crippen LogP contribution in [0.5, 0.6) is 5.75 Å². The number of ether oxygens (including phenoxy) is 1. The summed E-state index contributed by atoms with van der Waals surface area (Å²) in [6, 6.07) is 4.54. The molecule has 0 aromatic heterocycles. The van der Waals surface area contributed by atoms with E-state index < -0.39 is 4.92 Å². The molecule has 2 N–H and O–H groups in total. The Morgan fingerprint density at radius 3 is 2.95 bits per heavy atom. The first kappa shape index (κ1) is 16.5. The van der Waals surface area contributed by atoms with Crippen molar-refractivity contribution in [2.75, 3.05) is 20.2 Å². The molecule has 1 aromatic carbocycles. The van der Waals surface area contributed by atoms with Crippen LogP contribution in [-0.4, -0.2) is 31.1 Å². The molecule has 1 aromatic rings. The lowest BCUT2D eigenvalue weighted by Crippen LogP contribution is -2.40. The Kier molecular flexibility index (Phi) is 6.49. The van der Waals surface area contributed by atoms with Crippen LogP contribution in [0.25, 0.3) is 0 Å². The highest BCUT2D eigenvalue weighted by atomic mass is 127. The second kappa shape index (κ2) is 7.88. The third-order valence-electron chi connectivity index (χ3n) is 2.82. The fourth-order valence-electron chi connectivity index (χ4n) is 1.85. The zero-order chi connectivity index (χ0) is 13.7. The summed E-state index contributed by atoms with van der Waals surface area (Å²) in [4.78, 5) is 14.6. The molecule has 0 unspecified atom stereocenters. The number of rotatable bonds is 4. The number of halogens is 1. The average Bonchev–Trinajstić information content (AvgIpc) is 2.45. The molecule has 0 saturated carbocycles. The van der Waals surface area contributed by atoms with Crippen LogP contribution in [0.4, 0.5) is 5.69 Å². The molecular formula is C12H17IN4O3. The van der Waals surface area contributed by atoms with Crippen molar-refractivity contribution in [2.24, 2.45) is 4.99 Å². The minimum absolute atomic E-state index is 0. The molecule has 0 aliphatic carbocycles. The van der Waals surface area contributed by atoms with E-state index in [4.69, 9.17) is 4.74 Å². The van der Waals surface area contributed by atoms with Gasteiger partial charge >= 0.3 is 0 Å². The van der Waals surface area contributed by atoms with E-state index in [9.17, 15) is 10.1 Å². The number of nitro benzene ring substituents is 1. The lowest BCUT2D eigenvalue weighted by molar-refractivity contribution is -0.384. The monoisotopic (exact) mass is 392 g/mol. The SMILES string of the molecule is COc1ccc([N+](=O)[O-])cc1CNC1=NCCCN1.I. The highest BCUT2D eigenvalue weighted by Crippen LogP contribution is 2.23. The van der Waals surface area contributed by atoms with Gasteiger partial charge in [0.25, 0.3) is 5.69 Å². The van der Waals surface area contributed by atoms with E-state index in [-0.39, 0.29) is 29.7 Å². The summed E-state index contributed by atoms with van der Waals surface area (Å²) in [6.45, 7) is 2.11. The lowest BCUT2D eigenvalue weighted by atomic mass is 10.1. The van der Waals surface area contributed by atoms with Crippen molar-refractivity contribution < 1.29 is 9.66 Å². The zero-order valence-corrected chi connectivity index (χ0v) is 13.4. The van der Waals surface area contributed by atoms with Crippen molar-refractivity contribution in [3.63, 3.8) is 0 Å². The minimum Gasteiger partial charge on any atom is -0.496 e. The van der Waals surface area contributed by atoms with Gasteiger partial charge < -0.3 is 15.4 Å². The lowest BCUT2D eigenvalue weighted by Gasteiger charge is -2.16. The van der Waals surface area contributed by atoms with Crippen molar-refractivity contribution in [1.82, 2.24) is 10.6 Å². The first-order valence-corrected chi connectivity index (χ1v) is 6.04. The highest BCUT2D eigenvalue weighted by molar-refractivity contribution is 14.0. The smallest absolute Gasteiger partial charge is 0.270 e. The molecule has 0 atom stereocenters.